The summed E-state index contributed by atoms with van der Waals surface area (Å²) in [5.74, 6) is -1.13. The van der Waals surface area contributed by atoms with Crippen LogP contribution < -0.4 is 4.31 Å². The number of hydrogen-bond acceptors (Lipinski definition) is 5. The molecule has 3 aromatic carbocycles. The number of halogens is 2. The number of nitrogens with zero attached hydrogens (tertiary/aromatic N) is 3. The van der Waals surface area contributed by atoms with Gasteiger partial charge in [0.1, 0.15) is 6.54 Å². The zero-order valence-electron chi connectivity index (χ0n) is 17.7. The number of sulfonamides is 1. The molecule has 0 aliphatic carbocycles. The first-order chi connectivity index (χ1) is 16.1. The Morgan fingerprint density at radius 1 is 1.03 bits per heavy atom. The zero-order chi connectivity index (χ0) is 24.5. The molecule has 1 amide bonds. The van der Waals surface area contributed by atoms with E-state index in [1.807, 2.05) is 6.92 Å². The average Bonchev–Trinajstić information content (AvgIpc) is 3.10. The van der Waals surface area contributed by atoms with Gasteiger partial charge in [0.2, 0.25) is 5.88 Å². The van der Waals surface area contributed by atoms with E-state index in [9.17, 15) is 18.3 Å². The summed E-state index contributed by atoms with van der Waals surface area (Å²) in [5, 5.41) is 18.6. The molecule has 4 aromatic rings. The van der Waals surface area contributed by atoms with E-state index in [-0.39, 0.29) is 32.2 Å². The summed E-state index contributed by atoms with van der Waals surface area (Å²) in [6.07, 6.45) is 0. The Kier molecular flexibility index (Phi) is 6.60. The van der Waals surface area contributed by atoms with Crippen molar-refractivity contribution in [1.82, 2.24) is 4.98 Å². The molecule has 0 saturated carbocycles. The molecule has 0 aliphatic heterocycles. The van der Waals surface area contributed by atoms with Crippen LogP contribution in [0.15, 0.2) is 81.9 Å². The lowest BCUT2D eigenvalue weighted by molar-refractivity contribution is -0.116. The van der Waals surface area contributed by atoms with Crippen molar-refractivity contribution >= 4 is 61.4 Å². The third-order valence-corrected chi connectivity index (χ3v) is 7.17. The minimum Gasteiger partial charge on any atom is -0.493 e. The van der Waals surface area contributed by atoms with Crippen LogP contribution in [0.3, 0.4) is 0 Å². The number of anilines is 1. The number of azo groups is 1. The van der Waals surface area contributed by atoms with Crippen molar-refractivity contribution < 1.29 is 18.3 Å². The van der Waals surface area contributed by atoms with E-state index in [0.717, 1.165) is 9.87 Å². The summed E-state index contributed by atoms with van der Waals surface area (Å²) in [6, 6.07) is 17.4. The first-order valence-corrected chi connectivity index (χ1v) is 12.1. The Morgan fingerprint density at radius 2 is 1.68 bits per heavy atom. The molecule has 1 aromatic heterocycles. The summed E-state index contributed by atoms with van der Waals surface area (Å²) < 4.78 is 27.7. The molecule has 0 unspecified atom stereocenters. The van der Waals surface area contributed by atoms with Crippen molar-refractivity contribution in [2.24, 2.45) is 10.2 Å². The molecule has 11 heteroatoms. The van der Waals surface area contributed by atoms with Gasteiger partial charge >= 0.3 is 0 Å². The molecule has 0 radical (unpaired) electrons. The Bertz CT molecular complexity index is 1500. The maximum atomic E-state index is 13.4. The number of aromatic amines is 1. The summed E-state index contributed by atoms with van der Waals surface area (Å²) in [4.78, 5) is 15.5. The van der Waals surface area contributed by atoms with Gasteiger partial charge in [-0.05, 0) is 43.3 Å². The van der Waals surface area contributed by atoms with Crippen molar-refractivity contribution in [2.45, 2.75) is 11.8 Å². The lowest BCUT2D eigenvalue weighted by Gasteiger charge is -2.23. The van der Waals surface area contributed by atoms with Crippen LogP contribution in [0.5, 0.6) is 5.88 Å². The first kappa shape index (κ1) is 23.7. The summed E-state index contributed by atoms with van der Waals surface area (Å²) >= 11 is 12.2. The Balaban J connectivity index is 1.70. The fraction of sp³-hybridized carbons (Fsp3) is 0.0870. The van der Waals surface area contributed by atoms with Gasteiger partial charge in [-0.1, -0.05) is 59.1 Å². The summed E-state index contributed by atoms with van der Waals surface area (Å²) in [6.45, 7) is 1.16. The zero-order valence-corrected chi connectivity index (χ0v) is 20.1. The molecule has 174 valence electrons. The molecule has 8 nitrogen and oxygen atoms in total. The van der Waals surface area contributed by atoms with E-state index in [4.69, 9.17) is 23.2 Å². The van der Waals surface area contributed by atoms with E-state index in [0.29, 0.717) is 10.9 Å². The highest BCUT2D eigenvalue weighted by Crippen LogP contribution is 2.35. The number of aromatic hydroxyl groups is 1. The Labute approximate surface area is 205 Å². The monoisotopic (exact) mass is 516 g/mol. The molecule has 0 spiro atoms. The van der Waals surface area contributed by atoms with Crippen LogP contribution in [0.4, 0.5) is 11.4 Å². The third kappa shape index (κ3) is 4.91. The van der Waals surface area contributed by atoms with Crippen molar-refractivity contribution in [2.75, 3.05) is 10.8 Å². The van der Waals surface area contributed by atoms with Gasteiger partial charge in [-0.15, -0.1) is 10.2 Å². The van der Waals surface area contributed by atoms with E-state index in [1.54, 1.807) is 36.4 Å². The van der Waals surface area contributed by atoms with Gasteiger partial charge in [0.25, 0.3) is 15.9 Å². The second-order valence-electron chi connectivity index (χ2n) is 7.41. The molecule has 0 saturated heterocycles. The van der Waals surface area contributed by atoms with Crippen molar-refractivity contribution in [3.8, 4) is 5.88 Å². The summed E-state index contributed by atoms with van der Waals surface area (Å²) in [5.41, 5.74) is 1.65. The molecular weight excluding hydrogens is 499 g/mol. The van der Waals surface area contributed by atoms with Gasteiger partial charge < -0.3 is 10.1 Å². The maximum absolute atomic E-state index is 13.4. The van der Waals surface area contributed by atoms with E-state index in [1.165, 1.54) is 30.3 Å². The van der Waals surface area contributed by atoms with E-state index in [2.05, 4.69) is 15.2 Å². The van der Waals surface area contributed by atoms with Gasteiger partial charge in [0, 0.05) is 15.4 Å². The van der Waals surface area contributed by atoms with Crippen LogP contribution in [-0.4, -0.2) is 31.0 Å². The van der Waals surface area contributed by atoms with Crippen LogP contribution in [0, 0.1) is 6.92 Å². The number of aryl methyl sites for hydroxylation is 1. The van der Waals surface area contributed by atoms with Gasteiger partial charge in [-0.2, -0.15) is 0 Å². The second kappa shape index (κ2) is 9.46. The first-order valence-electron chi connectivity index (χ1n) is 9.95. The molecular formula is C23H18Cl2N4O4S. The Morgan fingerprint density at radius 3 is 2.35 bits per heavy atom. The number of benzene rings is 3. The molecule has 0 atom stereocenters. The number of carbonyl (C=O) groups is 1. The van der Waals surface area contributed by atoms with Crippen LogP contribution in [-0.2, 0) is 14.8 Å². The van der Waals surface area contributed by atoms with E-state index < -0.39 is 22.5 Å². The lowest BCUT2D eigenvalue weighted by atomic mass is 10.2. The third-order valence-electron chi connectivity index (χ3n) is 4.94. The van der Waals surface area contributed by atoms with Gasteiger partial charge in [-0.25, -0.2) is 8.42 Å². The van der Waals surface area contributed by atoms with Crippen molar-refractivity contribution in [3.05, 3.63) is 82.3 Å². The van der Waals surface area contributed by atoms with Crippen molar-refractivity contribution in [3.63, 3.8) is 0 Å². The molecule has 0 bridgehead atoms. The van der Waals surface area contributed by atoms with Crippen LogP contribution in [0.2, 0.25) is 10.0 Å². The normalized spacial score (nSPS) is 11.9. The van der Waals surface area contributed by atoms with Gasteiger partial charge in [-0.3, -0.25) is 9.10 Å². The predicted octanol–water partition coefficient (Wildman–Crippen LogP) is 5.99. The predicted molar refractivity (Wildman–Crippen MR) is 132 cm³/mol. The van der Waals surface area contributed by atoms with E-state index >= 15 is 0 Å². The number of H-pyrrole nitrogens is 1. The molecule has 2 N–H and O–H groups in total. The fourth-order valence-electron chi connectivity index (χ4n) is 3.31. The molecule has 1 heterocycles. The topological polar surface area (TPSA) is 115 Å². The largest absolute Gasteiger partial charge is 0.493 e. The summed E-state index contributed by atoms with van der Waals surface area (Å²) in [7, 11) is -4.18. The number of nitrogens with one attached hydrogen (secondary N) is 1. The standard InChI is InChI=1S/C23H18Cl2N4O4S/c1-14-6-8-18(9-7-14)34(32,33)29(17-11-15(24)10-16(25)12-17)13-21(30)27-28-22-19-4-2-3-5-20(19)26-23(22)31/h2-12,26,31H,13H2,1H3. The maximum Gasteiger partial charge on any atom is 0.285 e. The number of carbonyl (C=O) groups excluding carboxylic acids is 1. The highest BCUT2D eigenvalue weighted by atomic mass is 35.5. The lowest BCUT2D eigenvalue weighted by Crippen LogP contribution is -2.35. The van der Waals surface area contributed by atoms with Crippen LogP contribution in [0.1, 0.15) is 5.56 Å². The average molecular weight is 517 g/mol. The number of rotatable bonds is 6. The van der Waals surface area contributed by atoms with Crippen LogP contribution in [0.25, 0.3) is 10.9 Å². The van der Waals surface area contributed by atoms with Crippen LogP contribution >= 0.6 is 23.2 Å². The SMILES string of the molecule is Cc1ccc(S(=O)(=O)N(CC(=O)N=Nc2c(O)[nH]c3ccccc23)c2cc(Cl)cc(Cl)c2)cc1. The molecule has 34 heavy (non-hydrogen) atoms. The number of hydrogen-bond donors (Lipinski definition) is 2. The minimum absolute atomic E-state index is 0.0202. The second-order valence-corrected chi connectivity index (χ2v) is 10.1. The van der Waals surface area contributed by atoms with Crippen molar-refractivity contribution in [1.29, 1.82) is 0 Å². The number of amides is 1. The fourth-order valence-corrected chi connectivity index (χ4v) is 5.22. The minimum atomic E-state index is -4.18. The molecule has 0 fully saturated rings. The number of para-hydroxylation sites is 1. The highest BCUT2D eigenvalue weighted by molar-refractivity contribution is 7.92. The van der Waals surface area contributed by atoms with Gasteiger partial charge in [0.05, 0.1) is 16.1 Å². The molecule has 4 rings (SSSR count). The molecule has 0 aliphatic rings. The number of aromatic nitrogens is 1. The highest BCUT2D eigenvalue weighted by Gasteiger charge is 2.28. The number of fused-ring (bicyclic) bond motifs is 1. The quantitative estimate of drug-likeness (QED) is 0.306. The smallest absolute Gasteiger partial charge is 0.285 e. The Hall–Kier alpha value is -3.40. The van der Waals surface area contributed by atoms with Gasteiger partial charge in [0.15, 0.2) is 5.69 Å².